The number of hydrogen-bond donors (Lipinski definition) is 2. The highest BCUT2D eigenvalue weighted by molar-refractivity contribution is 5.83. The van der Waals surface area contributed by atoms with Gasteiger partial charge in [0.25, 0.3) is 0 Å². The molecule has 0 aliphatic heterocycles. The van der Waals surface area contributed by atoms with E-state index in [0.717, 1.165) is 0 Å². The highest BCUT2D eigenvalue weighted by atomic mass is 19.4. The smallest absolute Gasteiger partial charge is 0.407 e. The van der Waals surface area contributed by atoms with Crippen LogP contribution in [0.4, 0.5) is 13.2 Å². The quantitative estimate of drug-likeness (QED) is 0.687. The molecule has 2 N–H and O–H groups in total. The van der Waals surface area contributed by atoms with Gasteiger partial charge in [0.15, 0.2) is 0 Å². The molecule has 0 saturated heterocycles. The Morgan fingerprint density at radius 2 is 1.80 bits per heavy atom. The number of alkyl halides is 3. The summed E-state index contributed by atoms with van der Waals surface area (Å²) in [4.78, 5) is 12.8. The van der Waals surface area contributed by atoms with Gasteiger partial charge in [-0.3, -0.25) is 10.1 Å². The summed E-state index contributed by atoms with van der Waals surface area (Å²) in [5.41, 5.74) is -0.292. The normalized spacial score (nSPS) is 16.8. The van der Waals surface area contributed by atoms with Gasteiger partial charge >= 0.3 is 6.18 Å². The van der Waals surface area contributed by atoms with Gasteiger partial charge in [0.2, 0.25) is 5.91 Å². The number of nitrogens with one attached hydrogen (secondary N) is 2. The van der Waals surface area contributed by atoms with E-state index >= 15 is 0 Å². The molecule has 158 valence electrons. The fraction of sp³-hybridized carbons (Fsp3) is 0.364. The molecule has 5 nitrogen and oxygen atoms in total. The molecule has 1 aliphatic carbocycles. The molecule has 1 aliphatic rings. The third kappa shape index (κ3) is 5.30. The van der Waals surface area contributed by atoms with Gasteiger partial charge in [-0.1, -0.05) is 42.5 Å². The van der Waals surface area contributed by atoms with Crippen LogP contribution in [0.5, 0.6) is 5.75 Å². The van der Waals surface area contributed by atoms with E-state index in [9.17, 15) is 23.2 Å². The summed E-state index contributed by atoms with van der Waals surface area (Å²) in [7, 11) is 1.43. The monoisotopic (exact) mass is 417 g/mol. The lowest BCUT2D eigenvalue weighted by atomic mass is 10.0. The third-order valence-electron chi connectivity index (χ3n) is 5.07. The maximum Gasteiger partial charge on any atom is 0.407 e. The summed E-state index contributed by atoms with van der Waals surface area (Å²) in [5.74, 6) is -0.191. The second kappa shape index (κ2) is 8.76. The van der Waals surface area contributed by atoms with Crippen LogP contribution in [0.15, 0.2) is 54.6 Å². The van der Waals surface area contributed by atoms with Crippen LogP contribution in [0, 0.1) is 11.3 Å². The Morgan fingerprint density at radius 3 is 2.30 bits per heavy atom. The van der Waals surface area contributed by atoms with Crippen LogP contribution < -0.4 is 15.4 Å². The largest absolute Gasteiger partial charge is 0.497 e. The van der Waals surface area contributed by atoms with Gasteiger partial charge in [-0.25, -0.2) is 0 Å². The van der Waals surface area contributed by atoms with Gasteiger partial charge in [0.1, 0.15) is 17.3 Å². The summed E-state index contributed by atoms with van der Waals surface area (Å²) in [6, 6.07) is 13.1. The molecule has 8 heteroatoms. The van der Waals surface area contributed by atoms with Crippen molar-refractivity contribution >= 4 is 5.91 Å². The lowest BCUT2D eigenvalue weighted by Crippen LogP contribution is -2.52. The summed E-state index contributed by atoms with van der Waals surface area (Å²) in [6.45, 7) is 0. The van der Waals surface area contributed by atoms with Crippen molar-refractivity contribution in [2.45, 2.75) is 43.1 Å². The zero-order chi connectivity index (χ0) is 21.8. The first-order chi connectivity index (χ1) is 14.3. The standard InChI is InChI=1S/C22H22F3N3O2/c1-30-17-9-7-16(8-10-17)19(22(23,24)25)27-18(13-15-5-3-2-4-6-15)20(29)28-21(14-26)11-12-21/h2-10,18-19,27H,11-13H2,1H3,(H,28,29). The average Bonchev–Trinajstić information content (AvgIpc) is 3.51. The van der Waals surface area contributed by atoms with Crippen molar-refractivity contribution in [1.82, 2.24) is 10.6 Å². The van der Waals surface area contributed by atoms with Gasteiger partial charge in [-0.05, 0) is 42.5 Å². The number of ether oxygens (including phenoxy) is 1. The summed E-state index contributed by atoms with van der Waals surface area (Å²) < 4.78 is 46.7. The Morgan fingerprint density at radius 1 is 1.17 bits per heavy atom. The number of benzene rings is 2. The Hall–Kier alpha value is -3.05. The van der Waals surface area contributed by atoms with E-state index in [4.69, 9.17) is 4.74 Å². The van der Waals surface area contributed by atoms with E-state index in [1.54, 1.807) is 30.3 Å². The molecule has 2 atom stereocenters. The van der Waals surface area contributed by atoms with Crippen molar-refractivity contribution in [3.8, 4) is 11.8 Å². The van der Waals surface area contributed by atoms with E-state index in [-0.39, 0.29) is 12.0 Å². The molecule has 0 radical (unpaired) electrons. The molecule has 2 unspecified atom stereocenters. The van der Waals surface area contributed by atoms with Crippen molar-refractivity contribution in [3.05, 3.63) is 65.7 Å². The summed E-state index contributed by atoms with van der Waals surface area (Å²) in [6.07, 6.45) is -3.59. The number of rotatable bonds is 8. The molecule has 1 amide bonds. The van der Waals surface area contributed by atoms with Crippen LogP contribution in [0.1, 0.15) is 30.0 Å². The zero-order valence-corrected chi connectivity index (χ0v) is 16.4. The van der Waals surface area contributed by atoms with Gasteiger partial charge in [-0.2, -0.15) is 18.4 Å². The maximum atomic E-state index is 13.9. The molecule has 0 spiro atoms. The number of hydrogen-bond acceptors (Lipinski definition) is 4. The predicted molar refractivity (Wildman–Crippen MR) is 105 cm³/mol. The van der Waals surface area contributed by atoms with Crippen LogP contribution in [-0.2, 0) is 11.2 Å². The van der Waals surface area contributed by atoms with E-state index in [2.05, 4.69) is 10.6 Å². The van der Waals surface area contributed by atoms with Gasteiger partial charge in [0.05, 0.1) is 19.2 Å². The van der Waals surface area contributed by atoms with Crippen molar-refractivity contribution < 1.29 is 22.7 Å². The molecular formula is C22H22F3N3O2. The number of carbonyl (C=O) groups excluding carboxylic acids is 1. The second-order valence-electron chi connectivity index (χ2n) is 7.34. The van der Waals surface area contributed by atoms with Gasteiger partial charge in [-0.15, -0.1) is 0 Å². The zero-order valence-electron chi connectivity index (χ0n) is 16.4. The van der Waals surface area contributed by atoms with Gasteiger partial charge < -0.3 is 10.1 Å². The SMILES string of the molecule is COc1ccc(C(NC(Cc2ccccc2)C(=O)NC2(C#N)CC2)C(F)(F)F)cc1. The van der Waals surface area contributed by atoms with Crippen LogP contribution in [0.2, 0.25) is 0 Å². The third-order valence-corrected chi connectivity index (χ3v) is 5.07. The molecule has 3 rings (SSSR count). The van der Waals surface area contributed by atoms with Crippen LogP contribution in [0.3, 0.4) is 0 Å². The van der Waals surface area contributed by atoms with E-state index < -0.39 is 29.7 Å². The predicted octanol–water partition coefficient (Wildman–Crippen LogP) is 3.67. The van der Waals surface area contributed by atoms with E-state index in [1.807, 2.05) is 6.07 Å². The minimum atomic E-state index is -4.63. The molecule has 0 aromatic heterocycles. The molecule has 30 heavy (non-hydrogen) atoms. The number of nitriles is 1. The Balaban J connectivity index is 1.87. The maximum absolute atomic E-state index is 13.9. The first-order valence-corrected chi connectivity index (χ1v) is 9.50. The lowest BCUT2D eigenvalue weighted by Gasteiger charge is -2.28. The van der Waals surface area contributed by atoms with Crippen LogP contribution >= 0.6 is 0 Å². The highest BCUT2D eigenvalue weighted by Gasteiger charge is 2.47. The second-order valence-corrected chi connectivity index (χ2v) is 7.34. The molecule has 0 bridgehead atoms. The summed E-state index contributed by atoms with van der Waals surface area (Å²) in [5, 5.41) is 14.3. The number of halogens is 3. The van der Waals surface area contributed by atoms with Crippen molar-refractivity contribution in [2.75, 3.05) is 7.11 Å². The van der Waals surface area contributed by atoms with Crippen LogP contribution in [0.25, 0.3) is 0 Å². The van der Waals surface area contributed by atoms with E-state index in [0.29, 0.717) is 24.2 Å². The molecular weight excluding hydrogens is 395 g/mol. The molecule has 1 fully saturated rings. The highest BCUT2D eigenvalue weighted by Crippen LogP contribution is 2.36. The molecule has 2 aromatic rings. The number of amides is 1. The van der Waals surface area contributed by atoms with Gasteiger partial charge in [0, 0.05) is 0 Å². The number of nitrogens with zero attached hydrogens (tertiary/aromatic N) is 1. The minimum Gasteiger partial charge on any atom is -0.497 e. The number of carbonyl (C=O) groups is 1. The Labute approximate surface area is 172 Å². The van der Waals surface area contributed by atoms with Crippen molar-refractivity contribution in [2.24, 2.45) is 0 Å². The fourth-order valence-corrected chi connectivity index (χ4v) is 3.17. The van der Waals surface area contributed by atoms with Crippen molar-refractivity contribution in [3.63, 3.8) is 0 Å². The molecule has 1 saturated carbocycles. The Kier molecular flexibility index (Phi) is 6.32. The molecule has 2 aromatic carbocycles. The average molecular weight is 417 g/mol. The topological polar surface area (TPSA) is 74.2 Å². The summed E-state index contributed by atoms with van der Waals surface area (Å²) >= 11 is 0. The van der Waals surface area contributed by atoms with Crippen molar-refractivity contribution in [1.29, 1.82) is 5.26 Å². The fourth-order valence-electron chi connectivity index (χ4n) is 3.17. The minimum absolute atomic E-state index is 0.0319. The Bertz CT molecular complexity index is 904. The molecule has 0 heterocycles. The number of methoxy groups -OCH3 is 1. The van der Waals surface area contributed by atoms with Crippen LogP contribution in [-0.4, -0.2) is 30.8 Å². The first kappa shape index (κ1) is 21.7. The lowest BCUT2D eigenvalue weighted by molar-refractivity contribution is -0.161. The van der Waals surface area contributed by atoms with E-state index in [1.165, 1.54) is 31.4 Å². The first-order valence-electron chi connectivity index (χ1n) is 9.50.